The van der Waals surface area contributed by atoms with Gasteiger partial charge in [0, 0.05) is 5.39 Å². The Morgan fingerprint density at radius 3 is 2.94 bits per heavy atom. The van der Waals surface area contributed by atoms with Crippen molar-refractivity contribution in [3.63, 3.8) is 0 Å². The molecule has 16 heavy (non-hydrogen) atoms. The van der Waals surface area contributed by atoms with Crippen LogP contribution in [-0.2, 0) is 4.79 Å². The average molecular weight is 235 g/mol. The highest BCUT2D eigenvalue weighted by Gasteiger charge is 2.09. The Kier molecular flexibility index (Phi) is 3.06. The van der Waals surface area contributed by atoms with Crippen LogP contribution in [-0.4, -0.2) is 16.3 Å². The molecule has 0 unspecified atom stereocenters. The van der Waals surface area contributed by atoms with Crippen molar-refractivity contribution in [2.24, 2.45) is 0 Å². The molecule has 0 bridgehead atoms. The molecule has 0 aliphatic rings. The third-order valence-corrected chi connectivity index (χ3v) is 2.42. The van der Waals surface area contributed by atoms with Crippen molar-refractivity contribution in [1.29, 1.82) is 0 Å². The van der Waals surface area contributed by atoms with E-state index >= 15 is 0 Å². The Morgan fingerprint density at radius 1 is 1.44 bits per heavy atom. The van der Waals surface area contributed by atoms with E-state index in [1.807, 2.05) is 30.3 Å². The van der Waals surface area contributed by atoms with Gasteiger partial charge in [0.05, 0.1) is 17.4 Å². The van der Waals surface area contributed by atoms with Crippen molar-refractivity contribution in [2.45, 2.75) is 12.3 Å². The number of anilines is 1. The summed E-state index contributed by atoms with van der Waals surface area (Å²) in [6.07, 6.45) is 1.62. The van der Waals surface area contributed by atoms with Gasteiger partial charge in [-0.2, -0.15) is 0 Å². The molecule has 2 aromatic rings. The molecule has 2 rings (SSSR count). The van der Waals surface area contributed by atoms with Gasteiger partial charge in [-0.1, -0.05) is 18.2 Å². The fourth-order valence-corrected chi connectivity index (χ4v) is 1.44. The Hall–Kier alpha value is -1.61. The van der Waals surface area contributed by atoms with Crippen molar-refractivity contribution in [3.05, 3.63) is 36.5 Å². The van der Waals surface area contributed by atoms with E-state index in [2.05, 4.69) is 10.3 Å². The number of benzene rings is 1. The Morgan fingerprint density at radius 2 is 2.19 bits per heavy atom. The van der Waals surface area contributed by atoms with Crippen LogP contribution in [0.4, 0.5) is 5.69 Å². The van der Waals surface area contributed by atoms with Crippen LogP contribution >= 0.6 is 11.6 Å². The summed E-state index contributed by atoms with van der Waals surface area (Å²) in [6.45, 7) is 1.63. The number of amides is 1. The van der Waals surface area contributed by atoms with Gasteiger partial charge in [0.15, 0.2) is 0 Å². The van der Waals surface area contributed by atoms with E-state index in [4.69, 9.17) is 11.6 Å². The van der Waals surface area contributed by atoms with Gasteiger partial charge in [-0.05, 0) is 19.1 Å². The Bertz CT molecular complexity index is 525. The third kappa shape index (κ3) is 2.31. The predicted molar refractivity (Wildman–Crippen MR) is 65.7 cm³/mol. The first-order chi connectivity index (χ1) is 7.66. The number of hydrogen-bond donors (Lipinski definition) is 1. The molecule has 1 N–H and O–H groups in total. The summed E-state index contributed by atoms with van der Waals surface area (Å²) >= 11 is 5.66. The summed E-state index contributed by atoms with van der Waals surface area (Å²) in [6, 6.07) is 9.60. The molecule has 0 aliphatic carbocycles. The number of aromatic nitrogens is 1. The summed E-state index contributed by atoms with van der Waals surface area (Å²) in [4.78, 5) is 15.6. The van der Waals surface area contributed by atoms with E-state index in [1.165, 1.54) is 0 Å². The number of carbonyl (C=O) groups is 1. The summed E-state index contributed by atoms with van der Waals surface area (Å²) < 4.78 is 0. The summed E-state index contributed by atoms with van der Waals surface area (Å²) in [5.41, 5.74) is 1.57. The highest BCUT2D eigenvalue weighted by Crippen LogP contribution is 2.16. The largest absolute Gasteiger partial charge is 0.323 e. The zero-order valence-corrected chi connectivity index (χ0v) is 9.53. The van der Waals surface area contributed by atoms with Gasteiger partial charge in [-0.3, -0.25) is 9.78 Å². The second kappa shape index (κ2) is 4.49. The maximum atomic E-state index is 11.4. The normalized spacial score (nSPS) is 12.4. The van der Waals surface area contributed by atoms with Crippen LogP contribution in [0.3, 0.4) is 0 Å². The van der Waals surface area contributed by atoms with Gasteiger partial charge in [-0.25, -0.2) is 0 Å². The molecule has 0 saturated heterocycles. The van der Waals surface area contributed by atoms with Crippen molar-refractivity contribution in [1.82, 2.24) is 4.98 Å². The number of nitrogens with one attached hydrogen (secondary N) is 1. The molecular weight excluding hydrogens is 224 g/mol. The van der Waals surface area contributed by atoms with E-state index in [1.54, 1.807) is 13.1 Å². The number of pyridine rings is 1. The fraction of sp³-hybridized carbons (Fsp3) is 0.167. The predicted octanol–water partition coefficient (Wildman–Crippen LogP) is 2.80. The molecule has 4 heteroatoms. The monoisotopic (exact) mass is 234 g/mol. The molecule has 0 saturated carbocycles. The van der Waals surface area contributed by atoms with E-state index in [9.17, 15) is 4.79 Å². The fourth-order valence-electron chi connectivity index (χ4n) is 1.38. The zero-order chi connectivity index (χ0) is 11.5. The smallest absolute Gasteiger partial charge is 0.242 e. The molecule has 1 aromatic heterocycles. The Labute approximate surface area is 98.4 Å². The van der Waals surface area contributed by atoms with Crippen molar-refractivity contribution < 1.29 is 4.79 Å². The minimum Gasteiger partial charge on any atom is -0.323 e. The lowest BCUT2D eigenvalue weighted by molar-refractivity contribution is -0.115. The van der Waals surface area contributed by atoms with Gasteiger partial charge in [0.25, 0.3) is 0 Å². The van der Waals surface area contributed by atoms with Crippen LogP contribution in [0.2, 0.25) is 0 Å². The van der Waals surface area contributed by atoms with Gasteiger partial charge >= 0.3 is 0 Å². The van der Waals surface area contributed by atoms with Gasteiger partial charge < -0.3 is 5.32 Å². The van der Waals surface area contributed by atoms with Crippen molar-refractivity contribution in [2.75, 3.05) is 5.32 Å². The van der Waals surface area contributed by atoms with Crippen LogP contribution < -0.4 is 5.32 Å². The number of nitrogens with zero attached hydrogens (tertiary/aromatic N) is 1. The quantitative estimate of drug-likeness (QED) is 0.812. The molecule has 1 aromatic carbocycles. The lowest BCUT2D eigenvalue weighted by Crippen LogP contribution is -2.20. The second-order valence-corrected chi connectivity index (χ2v) is 4.18. The minimum atomic E-state index is -0.550. The summed E-state index contributed by atoms with van der Waals surface area (Å²) in [5, 5.41) is 3.14. The SMILES string of the molecule is C[C@H](Cl)C(=O)Nc1cnc2ccccc2c1. The first-order valence-corrected chi connectivity index (χ1v) is 5.40. The van der Waals surface area contributed by atoms with Crippen molar-refractivity contribution >= 4 is 34.1 Å². The van der Waals surface area contributed by atoms with E-state index in [-0.39, 0.29) is 5.91 Å². The van der Waals surface area contributed by atoms with Crippen LogP contribution in [0, 0.1) is 0 Å². The zero-order valence-electron chi connectivity index (χ0n) is 8.77. The second-order valence-electron chi connectivity index (χ2n) is 3.52. The van der Waals surface area contributed by atoms with Gasteiger partial charge in [-0.15, -0.1) is 11.6 Å². The first-order valence-electron chi connectivity index (χ1n) is 4.96. The number of rotatable bonds is 2. The molecule has 1 amide bonds. The minimum absolute atomic E-state index is 0.223. The van der Waals surface area contributed by atoms with Crippen molar-refractivity contribution in [3.8, 4) is 0 Å². The maximum Gasteiger partial charge on any atom is 0.242 e. The maximum absolute atomic E-state index is 11.4. The van der Waals surface area contributed by atoms with Gasteiger partial charge in [0.2, 0.25) is 5.91 Å². The lowest BCUT2D eigenvalue weighted by atomic mass is 10.2. The molecule has 0 spiro atoms. The number of alkyl halides is 1. The van der Waals surface area contributed by atoms with E-state index < -0.39 is 5.38 Å². The molecular formula is C12H11ClN2O. The van der Waals surface area contributed by atoms with Crippen LogP contribution in [0.5, 0.6) is 0 Å². The number of carbonyl (C=O) groups excluding carboxylic acids is 1. The third-order valence-electron chi connectivity index (χ3n) is 2.22. The number of hydrogen-bond acceptors (Lipinski definition) is 2. The molecule has 1 heterocycles. The first kappa shape index (κ1) is 10.9. The van der Waals surface area contributed by atoms with Gasteiger partial charge in [0.1, 0.15) is 5.38 Å². The summed E-state index contributed by atoms with van der Waals surface area (Å²) in [7, 11) is 0. The molecule has 0 aliphatic heterocycles. The number of fused-ring (bicyclic) bond motifs is 1. The Balaban J connectivity index is 2.29. The number of halogens is 1. The highest BCUT2D eigenvalue weighted by atomic mass is 35.5. The van der Waals surface area contributed by atoms with E-state index in [0.29, 0.717) is 5.69 Å². The molecule has 0 fully saturated rings. The lowest BCUT2D eigenvalue weighted by Gasteiger charge is -2.06. The van der Waals surface area contributed by atoms with Crippen LogP contribution in [0.25, 0.3) is 10.9 Å². The topological polar surface area (TPSA) is 42.0 Å². The highest BCUT2D eigenvalue weighted by molar-refractivity contribution is 6.32. The molecule has 3 nitrogen and oxygen atoms in total. The van der Waals surface area contributed by atoms with Crippen LogP contribution in [0.1, 0.15) is 6.92 Å². The van der Waals surface area contributed by atoms with Crippen LogP contribution in [0.15, 0.2) is 36.5 Å². The standard InChI is InChI=1S/C12H11ClN2O/c1-8(13)12(16)15-10-6-9-4-2-3-5-11(9)14-7-10/h2-8H,1H3,(H,15,16)/t8-/m0/s1. The molecule has 1 atom stereocenters. The molecule has 82 valence electrons. The van der Waals surface area contributed by atoms with E-state index in [0.717, 1.165) is 10.9 Å². The number of para-hydroxylation sites is 1. The average Bonchev–Trinajstić information content (AvgIpc) is 2.28. The molecule has 0 radical (unpaired) electrons. The summed E-state index contributed by atoms with van der Waals surface area (Å²) in [5.74, 6) is -0.223.